The molecule has 0 saturated carbocycles. The zero-order chi connectivity index (χ0) is 55.4. The summed E-state index contributed by atoms with van der Waals surface area (Å²) in [5.74, 6) is 3.62. The van der Waals surface area contributed by atoms with E-state index in [4.69, 9.17) is 18.1 Å². The van der Waals surface area contributed by atoms with Gasteiger partial charge in [-0.2, -0.15) is 0 Å². The highest BCUT2D eigenvalue weighted by atomic mass is 31.2. The van der Waals surface area contributed by atoms with Crippen molar-refractivity contribution in [3.05, 3.63) is 171 Å². The van der Waals surface area contributed by atoms with Crippen LogP contribution < -0.4 is 23.4 Å². The van der Waals surface area contributed by atoms with Crippen LogP contribution in [0.4, 0.5) is 0 Å². The molecule has 5 aromatic carbocycles. The maximum atomic E-state index is 7.23. The van der Waals surface area contributed by atoms with Gasteiger partial charge in [-0.25, -0.2) is 0 Å². The maximum Gasteiger partial charge on any atom is 0.326 e. The van der Waals surface area contributed by atoms with Crippen molar-refractivity contribution in [1.29, 1.82) is 0 Å². The summed E-state index contributed by atoms with van der Waals surface area (Å²) in [7, 11) is -3.19. The zero-order valence-corrected chi connectivity index (χ0v) is 52.1. The molecule has 0 N–H and O–H groups in total. The number of hydrogen-bond acceptors (Lipinski definition) is 4. The van der Waals surface area contributed by atoms with Crippen molar-refractivity contribution in [1.82, 2.24) is 0 Å². The van der Waals surface area contributed by atoms with Crippen LogP contribution in [0, 0.1) is 0 Å². The van der Waals surface area contributed by atoms with E-state index in [9.17, 15) is 0 Å². The van der Waals surface area contributed by atoms with Crippen LogP contribution in [0.5, 0.6) is 23.0 Å². The summed E-state index contributed by atoms with van der Waals surface area (Å²) in [6, 6.07) is 35.9. The quantitative estimate of drug-likeness (QED) is 0.124. The summed E-state index contributed by atoms with van der Waals surface area (Å²) in [4.78, 5) is 0. The molecule has 6 heteroatoms. The van der Waals surface area contributed by atoms with Crippen LogP contribution in [-0.2, 0) is 43.3 Å². The Morgan fingerprint density at radius 1 is 0.338 bits per heavy atom. The molecule has 0 amide bonds. The second-order valence-corrected chi connectivity index (χ2v) is 31.9. The number of benzene rings is 5. The first-order chi connectivity index (χ1) is 33.7. The highest BCUT2D eigenvalue weighted by Crippen LogP contribution is 2.54. The number of allylic oxidation sites excluding steroid dienone is 4. The summed E-state index contributed by atoms with van der Waals surface area (Å²) < 4.78 is 28.9. The summed E-state index contributed by atoms with van der Waals surface area (Å²) in [5.41, 5.74) is 10.5. The monoisotopic (exact) mass is 1040 g/mol. The van der Waals surface area contributed by atoms with Gasteiger partial charge in [0.25, 0.3) is 0 Å². The summed E-state index contributed by atoms with van der Waals surface area (Å²) >= 11 is 0. The van der Waals surface area contributed by atoms with Crippen LogP contribution in [0.15, 0.2) is 121 Å². The molecule has 0 heterocycles. The van der Waals surface area contributed by atoms with Crippen molar-refractivity contribution in [2.45, 2.75) is 222 Å². The lowest BCUT2D eigenvalue weighted by Gasteiger charge is -2.31. The molecule has 0 radical (unpaired) electrons. The molecule has 400 valence electrons. The lowest BCUT2D eigenvalue weighted by Crippen LogP contribution is -2.20. The fourth-order valence-corrected chi connectivity index (χ4v) is 11.8. The van der Waals surface area contributed by atoms with Crippen molar-refractivity contribution in [2.75, 3.05) is 0 Å². The van der Waals surface area contributed by atoms with Gasteiger partial charge in [-0.1, -0.05) is 245 Å². The molecule has 0 saturated heterocycles. The smallest absolute Gasteiger partial charge is 0.326 e. The Labute approximate surface area is 453 Å². The fraction of sp³-hybridized carbons (Fsp3) is 0.500. The van der Waals surface area contributed by atoms with E-state index in [0.29, 0.717) is 0 Å². The van der Waals surface area contributed by atoms with Crippen LogP contribution in [-0.4, -0.2) is 0 Å². The fourth-order valence-electron chi connectivity index (χ4n) is 9.09. The molecule has 4 nitrogen and oxygen atoms in total. The van der Waals surface area contributed by atoms with Gasteiger partial charge in [-0.05, 0) is 114 Å². The first kappa shape index (κ1) is 58.9. The van der Waals surface area contributed by atoms with Crippen LogP contribution in [0.2, 0.25) is 0 Å². The molecule has 0 aliphatic heterocycles. The number of rotatable bonds is 11. The zero-order valence-electron chi connectivity index (χ0n) is 50.3. The SMILES string of the molecule is CC(C)(C)c1ccc(OP(Oc2ccc(C(C)(C)C)cc2C(C)(C)C)C2=CCC(c3ccc(P(Oc4ccc(C(C)(C)C)cc4C(C)(C)C)Oc4ccc(C(C)(C)C)cc4C(C)(C)C)cc3)C=C2)c(C(C)(C)C)c1. The van der Waals surface area contributed by atoms with Gasteiger partial charge in [0, 0.05) is 28.2 Å². The average molecular weight is 1040 g/mol. The first-order valence-electron chi connectivity index (χ1n) is 27.1. The van der Waals surface area contributed by atoms with Gasteiger partial charge in [-0.3, -0.25) is 0 Å². The molecule has 0 bridgehead atoms. The molecule has 74 heavy (non-hydrogen) atoms. The molecule has 6 rings (SSSR count). The van der Waals surface area contributed by atoms with Crippen molar-refractivity contribution in [3.8, 4) is 23.0 Å². The largest absolute Gasteiger partial charge is 0.435 e. The minimum absolute atomic E-state index is 0.000181. The maximum absolute atomic E-state index is 7.23. The Kier molecular flexibility index (Phi) is 16.9. The Bertz CT molecular complexity index is 2670. The minimum Gasteiger partial charge on any atom is -0.435 e. The second kappa shape index (κ2) is 21.2. The predicted molar refractivity (Wildman–Crippen MR) is 322 cm³/mol. The van der Waals surface area contributed by atoms with E-state index in [0.717, 1.165) is 40.0 Å². The summed E-state index contributed by atoms with van der Waals surface area (Å²) in [6.07, 6.45) is 7.74. The van der Waals surface area contributed by atoms with E-state index in [1.807, 2.05) is 0 Å². The predicted octanol–water partition coefficient (Wildman–Crippen LogP) is 20.6. The van der Waals surface area contributed by atoms with Crippen LogP contribution in [0.1, 0.15) is 229 Å². The third-order valence-electron chi connectivity index (χ3n) is 14.2. The lowest BCUT2D eigenvalue weighted by atomic mass is 9.80. The molecular weight excluding hydrogens is 943 g/mol. The van der Waals surface area contributed by atoms with Crippen molar-refractivity contribution in [3.63, 3.8) is 0 Å². The third-order valence-corrected chi connectivity index (χ3v) is 17.1. The van der Waals surface area contributed by atoms with Gasteiger partial charge < -0.3 is 18.1 Å². The molecule has 1 aliphatic carbocycles. The molecule has 5 aromatic rings. The standard InChI is InChI=1S/C68H94O4P2/c1-61(2,3)47-29-37-57(53(41-47)65(13,14)15)69-73(70-58-38-30-48(62(4,5)6)42-54(58)66(16,17)18)51-33-25-45(26-34-51)46-27-35-52(36-28-46)74(71-59-39-31-49(63(7,8)9)43-55(59)67(19,20)21)72-60-40-32-50(64(10,11)12)44-56(60)68(22,23)24/h25-27,29-44,46H,28H2,1-24H3. The molecule has 0 fully saturated rings. The Morgan fingerprint density at radius 2 is 0.622 bits per heavy atom. The van der Waals surface area contributed by atoms with E-state index in [2.05, 4.69) is 281 Å². The van der Waals surface area contributed by atoms with Crippen molar-refractivity contribution >= 4 is 22.1 Å². The van der Waals surface area contributed by atoms with E-state index in [1.165, 1.54) is 50.1 Å². The Balaban J connectivity index is 1.38. The summed E-state index contributed by atoms with van der Waals surface area (Å²) in [6.45, 7) is 54.5. The lowest BCUT2D eigenvalue weighted by molar-refractivity contribution is 0.463. The molecule has 0 aromatic heterocycles. The van der Waals surface area contributed by atoms with Crippen LogP contribution in [0.3, 0.4) is 0 Å². The molecule has 0 spiro atoms. The van der Waals surface area contributed by atoms with Gasteiger partial charge in [0.1, 0.15) is 23.0 Å². The minimum atomic E-state index is -1.61. The van der Waals surface area contributed by atoms with Gasteiger partial charge in [0.15, 0.2) is 0 Å². The van der Waals surface area contributed by atoms with Gasteiger partial charge in [0.2, 0.25) is 0 Å². The highest BCUT2D eigenvalue weighted by molar-refractivity contribution is 7.56. The number of hydrogen-bond donors (Lipinski definition) is 0. The van der Waals surface area contributed by atoms with Crippen molar-refractivity contribution < 1.29 is 18.1 Å². The van der Waals surface area contributed by atoms with Crippen LogP contribution in [0.25, 0.3) is 0 Å². The van der Waals surface area contributed by atoms with E-state index < -0.39 is 16.8 Å². The average Bonchev–Trinajstić information content (AvgIpc) is 3.26. The normalized spacial score (nSPS) is 15.4. The van der Waals surface area contributed by atoms with Gasteiger partial charge >= 0.3 is 16.8 Å². The van der Waals surface area contributed by atoms with Gasteiger partial charge in [0.05, 0.1) is 10.6 Å². The van der Waals surface area contributed by atoms with Crippen LogP contribution >= 0.6 is 16.8 Å². The molecule has 1 atom stereocenters. The third kappa shape index (κ3) is 14.6. The molecular formula is C68H94O4P2. The molecule has 1 unspecified atom stereocenters. The Morgan fingerprint density at radius 3 is 0.865 bits per heavy atom. The topological polar surface area (TPSA) is 36.9 Å². The van der Waals surface area contributed by atoms with Gasteiger partial charge in [-0.15, -0.1) is 0 Å². The first-order valence-corrected chi connectivity index (χ1v) is 29.5. The van der Waals surface area contributed by atoms with Crippen molar-refractivity contribution in [2.24, 2.45) is 0 Å². The van der Waals surface area contributed by atoms with E-state index in [-0.39, 0.29) is 49.2 Å². The highest BCUT2D eigenvalue weighted by Gasteiger charge is 2.33. The van der Waals surface area contributed by atoms with E-state index >= 15 is 0 Å². The summed E-state index contributed by atoms with van der Waals surface area (Å²) in [5, 5.41) is 2.08. The molecule has 1 aliphatic rings. The second-order valence-electron chi connectivity index (χ2n) is 29.1. The Hall–Kier alpha value is -4.36. The van der Waals surface area contributed by atoms with E-state index in [1.54, 1.807) is 0 Å².